The third-order valence-corrected chi connectivity index (χ3v) is 4.25. The van der Waals surface area contributed by atoms with Gasteiger partial charge in [0.1, 0.15) is 0 Å². The highest BCUT2D eigenvalue weighted by Gasteiger charge is 2.13. The van der Waals surface area contributed by atoms with Crippen molar-refractivity contribution in [1.82, 2.24) is 0 Å². The SMILES string of the molecule is Cc1ccc(CNc2cccc(S(N)(=O)=O)c2C)cc1. The second kappa shape index (κ2) is 5.64. The Hall–Kier alpha value is -1.85. The lowest BCUT2D eigenvalue weighted by molar-refractivity contribution is 0.597. The maximum absolute atomic E-state index is 11.5. The standard InChI is InChI=1S/C15H18N2O2S/c1-11-6-8-13(9-7-11)10-17-14-4-3-5-15(12(14)2)20(16,18)19/h3-9,17H,10H2,1-2H3,(H2,16,18,19). The number of hydrogen-bond acceptors (Lipinski definition) is 3. The molecule has 3 N–H and O–H groups in total. The smallest absolute Gasteiger partial charge is 0.238 e. The molecule has 2 aromatic carbocycles. The first-order valence-corrected chi connectivity index (χ1v) is 7.84. The van der Waals surface area contributed by atoms with Gasteiger partial charge in [-0.1, -0.05) is 35.9 Å². The summed E-state index contributed by atoms with van der Waals surface area (Å²) < 4.78 is 22.9. The van der Waals surface area contributed by atoms with Gasteiger partial charge in [-0.15, -0.1) is 0 Å². The molecule has 0 unspecified atom stereocenters. The van der Waals surface area contributed by atoms with Crippen molar-refractivity contribution < 1.29 is 8.42 Å². The van der Waals surface area contributed by atoms with Crippen molar-refractivity contribution in [2.24, 2.45) is 5.14 Å². The number of benzene rings is 2. The molecule has 0 fully saturated rings. The summed E-state index contributed by atoms with van der Waals surface area (Å²) in [7, 11) is -3.68. The average Bonchev–Trinajstić information content (AvgIpc) is 2.38. The molecular formula is C15H18N2O2S. The zero-order valence-electron chi connectivity index (χ0n) is 11.6. The van der Waals surface area contributed by atoms with Gasteiger partial charge in [-0.2, -0.15) is 0 Å². The number of nitrogens with one attached hydrogen (secondary N) is 1. The minimum absolute atomic E-state index is 0.159. The fourth-order valence-corrected chi connectivity index (χ4v) is 2.82. The minimum atomic E-state index is -3.68. The molecule has 4 nitrogen and oxygen atoms in total. The number of aryl methyl sites for hydroxylation is 1. The topological polar surface area (TPSA) is 72.2 Å². The summed E-state index contributed by atoms with van der Waals surface area (Å²) in [6, 6.07) is 13.2. The van der Waals surface area contributed by atoms with Gasteiger partial charge < -0.3 is 5.32 Å². The van der Waals surface area contributed by atoms with Crippen LogP contribution in [0.25, 0.3) is 0 Å². The van der Waals surface area contributed by atoms with Gasteiger partial charge in [-0.25, -0.2) is 13.6 Å². The molecule has 2 rings (SSSR count). The molecule has 0 heterocycles. The van der Waals surface area contributed by atoms with Crippen LogP contribution in [-0.4, -0.2) is 8.42 Å². The Balaban J connectivity index is 2.20. The Morgan fingerprint density at radius 3 is 2.30 bits per heavy atom. The molecule has 0 radical (unpaired) electrons. The Morgan fingerprint density at radius 1 is 1.05 bits per heavy atom. The molecule has 0 aliphatic rings. The van der Waals surface area contributed by atoms with E-state index in [-0.39, 0.29) is 4.90 Å². The number of primary sulfonamides is 1. The van der Waals surface area contributed by atoms with E-state index in [1.165, 1.54) is 11.6 Å². The van der Waals surface area contributed by atoms with Gasteiger partial charge in [0.15, 0.2) is 0 Å². The Morgan fingerprint density at radius 2 is 1.70 bits per heavy atom. The molecule has 0 atom stereocenters. The second-order valence-corrected chi connectivity index (χ2v) is 6.34. The Kier molecular flexibility index (Phi) is 4.11. The van der Waals surface area contributed by atoms with Crippen LogP contribution in [0.5, 0.6) is 0 Å². The third-order valence-electron chi connectivity index (χ3n) is 3.19. The molecule has 0 aliphatic heterocycles. The molecule has 0 bridgehead atoms. The quantitative estimate of drug-likeness (QED) is 0.909. The lowest BCUT2D eigenvalue weighted by Gasteiger charge is -2.12. The molecule has 5 heteroatoms. The van der Waals surface area contributed by atoms with Crippen LogP contribution in [0.3, 0.4) is 0 Å². The number of nitrogens with two attached hydrogens (primary N) is 1. The van der Waals surface area contributed by atoms with E-state index in [4.69, 9.17) is 5.14 Å². The van der Waals surface area contributed by atoms with E-state index in [2.05, 4.69) is 5.32 Å². The molecule has 0 spiro atoms. The maximum Gasteiger partial charge on any atom is 0.238 e. The molecule has 106 valence electrons. The molecule has 0 amide bonds. The van der Waals surface area contributed by atoms with E-state index >= 15 is 0 Å². The summed E-state index contributed by atoms with van der Waals surface area (Å²) >= 11 is 0. The number of anilines is 1. The van der Waals surface area contributed by atoms with Crippen molar-refractivity contribution in [3.63, 3.8) is 0 Å². The summed E-state index contributed by atoms with van der Waals surface area (Å²) in [6.45, 7) is 4.42. The summed E-state index contributed by atoms with van der Waals surface area (Å²) in [6.07, 6.45) is 0. The van der Waals surface area contributed by atoms with E-state index in [9.17, 15) is 8.42 Å². The van der Waals surface area contributed by atoms with Gasteiger partial charge in [0.25, 0.3) is 0 Å². The van der Waals surface area contributed by atoms with Gasteiger partial charge in [-0.05, 0) is 37.1 Å². The molecule has 0 saturated carbocycles. The van der Waals surface area contributed by atoms with Crippen molar-refractivity contribution >= 4 is 15.7 Å². The van der Waals surface area contributed by atoms with Gasteiger partial charge in [0.2, 0.25) is 10.0 Å². The molecule has 20 heavy (non-hydrogen) atoms. The van der Waals surface area contributed by atoms with Gasteiger partial charge >= 0.3 is 0 Å². The van der Waals surface area contributed by atoms with Gasteiger partial charge in [-0.3, -0.25) is 0 Å². The molecular weight excluding hydrogens is 272 g/mol. The number of sulfonamides is 1. The maximum atomic E-state index is 11.5. The van der Waals surface area contributed by atoms with Crippen LogP contribution < -0.4 is 10.5 Å². The molecule has 2 aromatic rings. The van der Waals surface area contributed by atoms with Crippen LogP contribution in [0.1, 0.15) is 16.7 Å². The van der Waals surface area contributed by atoms with Crippen LogP contribution >= 0.6 is 0 Å². The van der Waals surface area contributed by atoms with Crippen LogP contribution in [0.4, 0.5) is 5.69 Å². The number of rotatable bonds is 4. The van der Waals surface area contributed by atoms with Crippen molar-refractivity contribution in [2.75, 3.05) is 5.32 Å². The lowest BCUT2D eigenvalue weighted by Crippen LogP contribution is -2.14. The van der Waals surface area contributed by atoms with E-state index in [1.54, 1.807) is 13.0 Å². The summed E-state index contributed by atoms with van der Waals surface area (Å²) in [5.41, 5.74) is 3.76. The van der Waals surface area contributed by atoms with Crippen LogP contribution in [0, 0.1) is 13.8 Å². The van der Waals surface area contributed by atoms with Crippen molar-refractivity contribution in [1.29, 1.82) is 0 Å². The van der Waals surface area contributed by atoms with Crippen molar-refractivity contribution in [2.45, 2.75) is 25.3 Å². The van der Waals surface area contributed by atoms with Crippen LogP contribution in [-0.2, 0) is 16.6 Å². The van der Waals surface area contributed by atoms with Crippen LogP contribution in [0.15, 0.2) is 47.4 Å². The molecule has 0 saturated heterocycles. The van der Waals surface area contributed by atoms with Gasteiger partial charge in [0, 0.05) is 12.2 Å². The first kappa shape index (κ1) is 14.6. The van der Waals surface area contributed by atoms with Crippen LogP contribution in [0.2, 0.25) is 0 Å². The highest BCUT2D eigenvalue weighted by atomic mass is 32.2. The van der Waals surface area contributed by atoms with Gasteiger partial charge in [0.05, 0.1) is 4.90 Å². The largest absolute Gasteiger partial charge is 0.381 e. The van der Waals surface area contributed by atoms with Crippen molar-refractivity contribution in [3.05, 3.63) is 59.2 Å². The van der Waals surface area contributed by atoms with E-state index in [0.717, 1.165) is 11.3 Å². The third kappa shape index (κ3) is 3.37. The summed E-state index contributed by atoms with van der Waals surface area (Å²) in [5.74, 6) is 0. The van der Waals surface area contributed by atoms with Crippen molar-refractivity contribution in [3.8, 4) is 0 Å². The monoisotopic (exact) mass is 290 g/mol. The normalized spacial score (nSPS) is 11.3. The predicted octanol–water partition coefficient (Wildman–Crippen LogP) is 2.56. The first-order chi connectivity index (χ1) is 9.38. The minimum Gasteiger partial charge on any atom is -0.381 e. The number of hydrogen-bond donors (Lipinski definition) is 2. The summed E-state index contributed by atoms with van der Waals surface area (Å²) in [5, 5.41) is 8.44. The first-order valence-electron chi connectivity index (χ1n) is 6.30. The van der Waals surface area contributed by atoms with E-state index in [0.29, 0.717) is 12.1 Å². The Labute approximate surface area is 119 Å². The predicted molar refractivity (Wildman–Crippen MR) is 81.1 cm³/mol. The highest BCUT2D eigenvalue weighted by Crippen LogP contribution is 2.22. The summed E-state index contributed by atoms with van der Waals surface area (Å²) in [4.78, 5) is 0.159. The fraction of sp³-hybridized carbons (Fsp3) is 0.200. The van der Waals surface area contributed by atoms with E-state index < -0.39 is 10.0 Å². The fourth-order valence-electron chi connectivity index (χ4n) is 2.02. The van der Waals surface area contributed by atoms with E-state index in [1.807, 2.05) is 37.3 Å². The second-order valence-electron chi connectivity index (χ2n) is 4.81. The average molecular weight is 290 g/mol. The zero-order chi connectivity index (χ0) is 14.8. The molecule has 0 aliphatic carbocycles. The lowest BCUT2D eigenvalue weighted by atomic mass is 10.1. The highest BCUT2D eigenvalue weighted by molar-refractivity contribution is 7.89. The zero-order valence-corrected chi connectivity index (χ0v) is 12.4. The molecule has 0 aromatic heterocycles. The Bertz CT molecular complexity index is 707.